The van der Waals surface area contributed by atoms with Gasteiger partial charge in [0.25, 0.3) is 0 Å². The molecule has 2 N–H and O–H groups in total. The highest BCUT2D eigenvalue weighted by Crippen LogP contribution is 2.57. The fourth-order valence-corrected chi connectivity index (χ4v) is 4.35. The van der Waals surface area contributed by atoms with Crippen molar-refractivity contribution in [3.63, 3.8) is 0 Å². The molecule has 20 heavy (non-hydrogen) atoms. The Hall–Kier alpha value is -0.740. The van der Waals surface area contributed by atoms with Crippen LogP contribution in [-0.2, 0) is 0 Å². The molecule has 0 radical (unpaired) electrons. The molecule has 2 fully saturated rings. The second-order valence-corrected chi connectivity index (χ2v) is 7.24. The lowest BCUT2D eigenvalue weighted by Gasteiger charge is -2.23. The van der Waals surface area contributed by atoms with Crippen LogP contribution < -0.4 is 15.2 Å². The molecule has 1 heterocycles. The number of nitrogens with two attached hydrogens (primary N) is 1. The average Bonchev–Trinajstić information content (AvgIpc) is 3.12. The van der Waals surface area contributed by atoms with Gasteiger partial charge in [-0.15, -0.1) is 0 Å². The van der Waals surface area contributed by atoms with E-state index in [-0.39, 0.29) is 6.04 Å². The summed E-state index contributed by atoms with van der Waals surface area (Å²) in [6.45, 7) is 1.44. The maximum absolute atomic E-state index is 6.53. The summed E-state index contributed by atoms with van der Waals surface area (Å²) in [6, 6.07) is 4.21. The highest BCUT2D eigenvalue weighted by Gasteiger charge is 2.47. The van der Waals surface area contributed by atoms with Crippen molar-refractivity contribution in [1.82, 2.24) is 0 Å². The number of ether oxygens (including phenoxy) is 2. The molecule has 4 rings (SSSR count). The molecule has 3 nitrogen and oxygen atoms in total. The number of benzene rings is 1. The first-order valence-corrected chi connectivity index (χ1v) is 8.36. The monoisotopic (exact) mass is 337 g/mol. The fourth-order valence-electron chi connectivity index (χ4n) is 3.76. The molecule has 0 aromatic heterocycles. The third-order valence-corrected chi connectivity index (χ3v) is 5.70. The van der Waals surface area contributed by atoms with Gasteiger partial charge in [0.15, 0.2) is 11.5 Å². The van der Waals surface area contributed by atoms with Crippen molar-refractivity contribution in [1.29, 1.82) is 0 Å². The molecule has 4 heteroatoms. The molecule has 3 atom stereocenters. The molecule has 1 aromatic rings. The van der Waals surface area contributed by atoms with Gasteiger partial charge in [0.05, 0.1) is 13.2 Å². The standard InChI is InChI=1S/C16H20BrNO2/c17-13-8-15-14(19-2-1-3-20-15)7-12(13)16(18)11-5-9-4-10(9)6-11/h7-11,16H,1-6,18H2. The van der Waals surface area contributed by atoms with E-state index < -0.39 is 0 Å². The summed E-state index contributed by atoms with van der Waals surface area (Å²) in [7, 11) is 0. The zero-order valence-electron chi connectivity index (χ0n) is 11.5. The Morgan fingerprint density at radius 2 is 1.70 bits per heavy atom. The van der Waals surface area contributed by atoms with E-state index in [1.807, 2.05) is 6.07 Å². The largest absolute Gasteiger partial charge is 0.490 e. The molecule has 1 aliphatic heterocycles. The predicted octanol–water partition coefficient (Wildman–Crippen LogP) is 3.66. The minimum absolute atomic E-state index is 0.106. The number of hydrogen-bond acceptors (Lipinski definition) is 3. The van der Waals surface area contributed by atoms with Crippen molar-refractivity contribution in [2.75, 3.05) is 13.2 Å². The van der Waals surface area contributed by atoms with Gasteiger partial charge in [-0.25, -0.2) is 0 Å². The van der Waals surface area contributed by atoms with Gasteiger partial charge < -0.3 is 15.2 Å². The first kappa shape index (κ1) is 13.0. The molecule has 0 saturated heterocycles. The Labute approximate surface area is 127 Å². The van der Waals surface area contributed by atoms with Crippen molar-refractivity contribution in [3.8, 4) is 11.5 Å². The molecule has 108 valence electrons. The Bertz CT molecular complexity index is 523. The van der Waals surface area contributed by atoms with E-state index in [9.17, 15) is 0 Å². The molecular formula is C16H20BrNO2. The van der Waals surface area contributed by atoms with E-state index in [2.05, 4.69) is 22.0 Å². The van der Waals surface area contributed by atoms with E-state index in [4.69, 9.17) is 15.2 Å². The van der Waals surface area contributed by atoms with Crippen LogP contribution in [0.1, 0.15) is 37.3 Å². The molecule has 0 spiro atoms. The van der Waals surface area contributed by atoms with Crippen molar-refractivity contribution >= 4 is 15.9 Å². The van der Waals surface area contributed by atoms with E-state index in [1.165, 1.54) is 24.8 Å². The van der Waals surface area contributed by atoms with Gasteiger partial charge >= 0.3 is 0 Å². The summed E-state index contributed by atoms with van der Waals surface area (Å²) in [6.07, 6.45) is 4.96. The normalized spacial score (nSPS) is 32.4. The Balaban J connectivity index is 1.61. The zero-order valence-corrected chi connectivity index (χ0v) is 13.1. The Morgan fingerprint density at radius 1 is 1.05 bits per heavy atom. The lowest BCUT2D eigenvalue weighted by molar-refractivity contribution is 0.296. The third kappa shape index (κ3) is 2.23. The average molecular weight is 338 g/mol. The maximum atomic E-state index is 6.53. The van der Waals surface area contributed by atoms with Crippen LogP contribution in [0.15, 0.2) is 16.6 Å². The van der Waals surface area contributed by atoms with Crippen LogP contribution in [0.2, 0.25) is 0 Å². The van der Waals surface area contributed by atoms with Gasteiger partial charge in [0.1, 0.15) is 0 Å². The van der Waals surface area contributed by atoms with Gasteiger partial charge in [-0.3, -0.25) is 0 Å². The Kier molecular flexibility index (Phi) is 3.19. The highest BCUT2D eigenvalue weighted by molar-refractivity contribution is 9.10. The van der Waals surface area contributed by atoms with Crippen LogP contribution in [-0.4, -0.2) is 13.2 Å². The third-order valence-electron chi connectivity index (χ3n) is 5.01. The minimum atomic E-state index is 0.106. The lowest BCUT2D eigenvalue weighted by Crippen LogP contribution is -2.21. The quantitative estimate of drug-likeness (QED) is 0.895. The molecule has 0 amide bonds. The molecule has 1 aromatic carbocycles. The van der Waals surface area contributed by atoms with E-state index in [0.29, 0.717) is 5.92 Å². The summed E-state index contributed by atoms with van der Waals surface area (Å²) < 4.78 is 12.6. The molecule has 0 bridgehead atoms. The summed E-state index contributed by atoms with van der Waals surface area (Å²) in [5.74, 6) is 4.23. The van der Waals surface area contributed by atoms with Crippen LogP contribution in [0.4, 0.5) is 0 Å². The second kappa shape index (κ2) is 4.92. The minimum Gasteiger partial charge on any atom is -0.490 e. The summed E-state index contributed by atoms with van der Waals surface area (Å²) in [5, 5.41) is 0. The van der Waals surface area contributed by atoms with Crippen LogP contribution in [0.3, 0.4) is 0 Å². The topological polar surface area (TPSA) is 44.5 Å². The Morgan fingerprint density at radius 3 is 2.40 bits per heavy atom. The van der Waals surface area contributed by atoms with E-state index >= 15 is 0 Å². The van der Waals surface area contributed by atoms with Gasteiger partial charge in [0.2, 0.25) is 0 Å². The molecule has 3 aliphatic rings. The summed E-state index contributed by atoms with van der Waals surface area (Å²) >= 11 is 3.66. The first-order valence-electron chi connectivity index (χ1n) is 7.57. The van der Waals surface area contributed by atoms with E-state index in [1.54, 1.807) is 0 Å². The van der Waals surface area contributed by atoms with Gasteiger partial charge in [-0.2, -0.15) is 0 Å². The summed E-state index contributed by atoms with van der Waals surface area (Å²) in [5.41, 5.74) is 7.70. The van der Waals surface area contributed by atoms with E-state index in [0.717, 1.165) is 47.4 Å². The van der Waals surface area contributed by atoms with Crippen LogP contribution in [0.5, 0.6) is 11.5 Å². The van der Waals surface area contributed by atoms with Crippen LogP contribution >= 0.6 is 15.9 Å². The number of rotatable bonds is 2. The fraction of sp³-hybridized carbons (Fsp3) is 0.625. The lowest BCUT2D eigenvalue weighted by atomic mass is 9.90. The van der Waals surface area contributed by atoms with Gasteiger partial charge in [-0.05, 0) is 54.7 Å². The molecular weight excluding hydrogens is 318 g/mol. The smallest absolute Gasteiger partial charge is 0.162 e. The van der Waals surface area contributed by atoms with Crippen LogP contribution in [0, 0.1) is 17.8 Å². The zero-order chi connectivity index (χ0) is 13.7. The first-order chi connectivity index (χ1) is 9.72. The van der Waals surface area contributed by atoms with Gasteiger partial charge in [0, 0.05) is 16.9 Å². The number of hydrogen-bond donors (Lipinski definition) is 1. The van der Waals surface area contributed by atoms with Crippen molar-refractivity contribution in [3.05, 3.63) is 22.2 Å². The SMILES string of the molecule is NC(c1cc2c(cc1Br)OCCCO2)C1CC2CC2C1. The van der Waals surface area contributed by atoms with Crippen molar-refractivity contribution < 1.29 is 9.47 Å². The van der Waals surface area contributed by atoms with Crippen LogP contribution in [0.25, 0.3) is 0 Å². The number of fused-ring (bicyclic) bond motifs is 2. The maximum Gasteiger partial charge on any atom is 0.162 e. The van der Waals surface area contributed by atoms with Crippen molar-refractivity contribution in [2.45, 2.75) is 31.7 Å². The van der Waals surface area contributed by atoms with Crippen molar-refractivity contribution in [2.24, 2.45) is 23.5 Å². The highest BCUT2D eigenvalue weighted by atomic mass is 79.9. The van der Waals surface area contributed by atoms with Gasteiger partial charge in [-0.1, -0.05) is 15.9 Å². The molecule has 2 saturated carbocycles. The molecule has 2 aliphatic carbocycles. The molecule has 3 unspecified atom stereocenters. The predicted molar refractivity (Wildman–Crippen MR) is 81.0 cm³/mol. The second-order valence-electron chi connectivity index (χ2n) is 6.38. The summed E-state index contributed by atoms with van der Waals surface area (Å²) in [4.78, 5) is 0. The number of halogens is 1.